The van der Waals surface area contributed by atoms with Gasteiger partial charge in [-0.05, 0) is 32.0 Å². The average molecular weight is 262 g/mol. The first kappa shape index (κ1) is 13.3. The number of benzene rings is 1. The second kappa shape index (κ2) is 5.65. The Labute approximate surface area is 110 Å². The summed E-state index contributed by atoms with van der Waals surface area (Å²) < 4.78 is 21.0. The number of imidazole rings is 1. The van der Waals surface area contributed by atoms with Gasteiger partial charge in [0.15, 0.2) is 11.6 Å². The third-order valence-corrected chi connectivity index (χ3v) is 2.77. The SMILES string of the molecule is CC(C)n1cncc1COc1ccc(C=O)cc1F. The molecule has 0 atom stereocenters. The van der Waals surface area contributed by atoms with E-state index in [1.54, 1.807) is 12.5 Å². The van der Waals surface area contributed by atoms with Gasteiger partial charge in [0.2, 0.25) is 0 Å². The lowest BCUT2D eigenvalue weighted by Gasteiger charge is -2.12. The molecule has 1 heterocycles. The van der Waals surface area contributed by atoms with E-state index in [1.807, 2.05) is 18.4 Å². The summed E-state index contributed by atoms with van der Waals surface area (Å²) in [5.74, 6) is -0.415. The zero-order valence-corrected chi connectivity index (χ0v) is 10.8. The van der Waals surface area contributed by atoms with Crippen molar-refractivity contribution < 1.29 is 13.9 Å². The molecule has 19 heavy (non-hydrogen) atoms. The molecule has 0 amide bonds. The molecule has 0 saturated heterocycles. The second-order valence-electron chi connectivity index (χ2n) is 4.48. The second-order valence-corrected chi connectivity index (χ2v) is 4.48. The predicted octanol–water partition coefficient (Wildman–Crippen LogP) is 2.99. The van der Waals surface area contributed by atoms with Gasteiger partial charge in [-0.25, -0.2) is 9.37 Å². The van der Waals surface area contributed by atoms with Crippen LogP contribution in [0.25, 0.3) is 0 Å². The lowest BCUT2D eigenvalue weighted by molar-refractivity contribution is 0.112. The summed E-state index contributed by atoms with van der Waals surface area (Å²) in [6, 6.07) is 4.39. The summed E-state index contributed by atoms with van der Waals surface area (Å²) in [6.07, 6.45) is 4.01. The molecule has 1 aromatic carbocycles. The summed E-state index contributed by atoms with van der Waals surface area (Å²) >= 11 is 0. The Morgan fingerprint density at radius 1 is 1.47 bits per heavy atom. The van der Waals surface area contributed by atoms with Crippen molar-refractivity contribution in [1.82, 2.24) is 9.55 Å². The van der Waals surface area contributed by atoms with Gasteiger partial charge < -0.3 is 9.30 Å². The molecule has 0 spiro atoms. The molecule has 0 radical (unpaired) electrons. The van der Waals surface area contributed by atoms with Crippen LogP contribution in [-0.4, -0.2) is 15.8 Å². The molecule has 0 bridgehead atoms. The van der Waals surface area contributed by atoms with Crippen LogP contribution in [0, 0.1) is 5.82 Å². The minimum Gasteiger partial charge on any atom is -0.484 e. The van der Waals surface area contributed by atoms with Crippen molar-refractivity contribution in [1.29, 1.82) is 0 Å². The number of hydrogen-bond donors (Lipinski definition) is 0. The van der Waals surface area contributed by atoms with E-state index in [2.05, 4.69) is 4.98 Å². The van der Waals surface area contributed by atoms with Crippen LogP contribution in [0.15, 0.2) is 30.7 Å². The molecular weight excluding hydrogens is 247 g/mol. The van der Waals surface area contributed by atoms with Crippen LogP contribution < -0.4 is 4.74 Å². The van der Waals surface area contributed by atoms with E-state index < -0.39 is 5.82 Å². The summed E-state index contributed by atoms with van der Waals surface area (Å²) in [5, 5.41) is 0. The standard InChI is InChI=1S/C14H15FN2O2/c1-10(2)17-9-16-6-12(17)8-19-14-4-3-11(7-18)5-13(14)15/h3-7,9-10H,8H2,1-2H3. The molecule has 2 aromatic rings. The lowest BCUT2D eigenvalue weighted by Crippen LogP contribution is -2.07. The fraction of sp³-hybridized carbons (Fsp3) is 0.286. The van der Waals surface area contributed by atoms with E-state index in [0.717, 1.165) is 11.8 Å². The van der Waals surface area contributed by atoms with Crippen molar-refractivity contribution in [2.75, 3.05) is 0 Å². The van der Waals surface area contributed by atoms with Gasteiger partial charge >= 0.3 is 0 Å². The van der Waals surface area contributed by atoms with Crippen LogP contribution in [0.4, 0.5) is 4.39 Å². The third-order valence-electron chi connectivity index (χ3n) is 2.77. The molecular formula is C14H15FN2O2. The zero-order chi connectivity index (χ0) is 13.8. The van der Waals surface area contributed by atoms with Crippen molar-refractivity contribution >= 4 is 6.29 Å². The van der Waals surface area contributed by atoms with E-state index in [1.165, 1.54) is 12.1 Å². The Morgan fingerprint density at radius 3 is 2.89 bits per heavy atom. The van der Waals surface area contributed by atoms with E-state index in [-0.39, 0.29) is 24.0 Å². The van der Waals surface area contributed by atoms with E-state index in [4.69, 9.17) is 4.74 Å². The molecule has 5 heteroatoms. The van der Waals surface area contributed by atoms with E-state index in [9.17, 15) is 9.18 Å². The first-order chi connectivity index (χ1) is 9.11. The Kier molecular flexibility index (Phi) is 3.94. The molecule has 0 aliphatic heterocycles. The van der Waals surface area contributed by atoms with Gasteiger partial charge in [-0.3, -0.25) is 4.79 Å². The molecule has 0 fully saturated rings. The van der Waals surface area contributed by atoms with Gasteiger partial charge in [0, 0.05) is 11.6 Å². The number of ether oxygens (including phenoxy) is 1. The van der Waals surface area contributed by atoms with Crippen LogP contribution in [0.2, 0.25) is 0 Å². The highest BCUT2D eigenvalue weighted by atomic mass is 19.1. The first-order valence-electron chi connectivity index (χ1n) is 6.00. The Bertz CT molecular complexity index is 579. The maximum Gasteiger partial charge on any atom is 0.165 e. The van der Waals surface area contributed by atoms with Gasteiger partial charge in [0.25, 0.3) is 0 Å². The molecule has 2 rings (SSSR count). The topological polar surface area (TPSA) is 44.1 Å². The number of halogens is 1. The van der Waals surface area contributed by atoms with Gasteiger partial charge in [-0.1, -0.05) is 0 Å². The maximum absolute atomic E-state index is 13.6. The minimum atomic E-state index is -0.541. The fourth-order valence-electron chi connectivity index (χ4n) is 1.77. The van der Waals surface area contributed by atoms with Crippen molar-refractivity contribution in [3.63, 3.8) is 0 Å². The molecule has 0 aliphatic carbocycles. The number of hydrogen-bond acceptors (Lipinski definition) is 3. The number of carbonyl (C=O) groups is 1. The molecule has 0 saturated carbocycles. The molecule has 4 nitrogen and oxygen atoms in total. The number of aldehydes is 1. The van der Waals surface area contributed by atoms with Crippen molar-refractivity contribution in [2.24, 2.45) is 0 Å². The summed E-state index contributed by atoms with van der Waals surface area (Å²) in [5.41, 5.74) is 1.16. The summed E-state index contributed by atoms with van der Waals surface area (Å²) in [4.78, 5) is 14.6. The van der Waals surface area contributed by atoms with Crippen LogP contribution in [0.5, 0.6) is 5.75 Å². The molecule has 100 valence electrons. The highest BCUT2D eigenvalue weighted by Crippen LogP contribution is 2.19. The normalized spacial score (nSPS) is 10.7. The molecule has 0 unspecified atom stereocenters. The summed E-state index contributed by atoms with van der Waals surface area (Å²) in [6.45, 7) is 4.30. The monoisotopic (exact) mass is 262 g/mol. The van der Waals surface area contributed by atoms with Gasteiger partial charge in [-0.15, -0.1) is 0 Å². The van der Waals surface area contributed by atoms with Gasteiger partial charge in [0.05, 0.1) is 18.2 Å². The van der Waals surface area contributed by atoms with Crippen molar-refractivity contribution in [3.05, 3.63) is 47.8 Å². The first-order valence-corrected chi connectivity index (χ1v) is 6.00. The highest BCUT2D eigenvalue weighted by Gasteiger charge is 2.08. The van der Waals surface area contributed by atoms with Gasteiger partial charge in [-0.2, -0.15) is 0 Å². The minimum absolute atomic E-state index is 0.127. The predicted molar refractivity (Wildman–Crippen MR) is 68.7 cm³/mol. The fourth-order valence-corrected chi connectivity index (χ4v) is 1.77. The quantitative estimate of drug-likeness (QED) is 0.778. The third kappa shape index (κ3) is 2.99. The Hall–Kier alpha value is -2.17. The Balaban J connectivity index is 2.10. The van der Waals surface area contributed by atoms with Crippen LogP contribution >= 0.6 is 0 Å². The smallest absolute Gasteiger partial charge is 0.165 e. The number of aromatic nitrogens is 2. The van der Waals surface area contributed by atoms with Crippen molar-refractivity contribution in [3.8, 4) is 5.75 Å². The van der Waals surface area contributed by atoms with Crippen LogP contribution in [-0.2, 0) is 6.61 Å². The zero-order valence-electron chi connectivity index (χ0n) is 10.8. The van der Waals surface area contributed by atoms with Crippen LogP contribution in [0.3, 0.4) is 0 Å². The number of carbonyl (C=O) groups excluding carboxylic acids is 1. The molecule has 0 aliphatic rings. The maximum atomic E-state index is 13.6. The largest absolute Gasteiger partial charge is 0.484 e. The van der Waals surface area contributed by atoms with Gasteiger partial charge in [0.1, 0.15) is 12.9 Å². The highest BCUT2D eigenvalue weighted by molar-refractivity contribution is 5.74. The van der Waals surface area contributed by atoms with Crippen LogP contribution in [0.1, 0.15) is 35.9 Å². The summed E-state index contributed by atoms with van der Waals surface area (Å²) in [7, 11) is 0. The average Bonchev–Trinajstić information content (AvgIpc) is 2.85. The van der Waals surface area contributed by atoms with Crippen molar-refractivity contribution in [2.45, 2.75) is 26.5 Å². The number of nitrogens with zero attached hydrogens (tertiary/aromatic N) is 2. The lowest BCUT2D eigenvalue weighted by atomic mass is 10.2. The molecule has 1 aromatic heterocycles. The van der Waals surface area contributed by atoms with E-state index in [0.29, 0.717) is 6.29 Å². The molecule has 0 N–H and O–H groups in total. The number of rotatable bonds is 5. The Morgan fingerprint density at radius 2 is 2.26 bits per heavy atom. The van der Waals surface area contributed by atoms with E-state index >= 15 is 0 Å².